The van der Waals surface area contributed by atoms with Gasteiger partial charge in [-0.3, -0.25) is 0 Å². The molecular weight excluding hydrogens is 164 g/mol. The number of likely N-dealkylation sites (tertiary alicyclic amines) is 1. The average molecular weight is 179 g/mol. The SMILES string of the molecule is COCCN1CCC(F)(F)CC1. The molecular formula is C8H15F2NO. The fourth-order valence-corrected chi connectivity index (χ4v) is 1.32. The van der Waals surface area contributed by atoms with Crippen LogP contribution in [0, 0.1) is 0 Å². The van der Waals surface area contributed by atoms with Crippen LogP contribution in [0.4, 0.5) is 8.78 Å². The van der Waals surface area contributed by atoms with Crippen molar-refractivity contribution in [3.8, 4) is 0 Å². The molecule has 72 valence electrons. The molecule has 12 heavy (non-hydrogen) atoms. The lowest BCUT2D eigenvalue weighted by molar-refractivity contribution is -0.0576. The predicted octanol–water partition coefficient (Wildman–Crippen LogP) is 1.36. The molecule has 0 bridgehead atoms. The molecule has 0 aliphatic carbocycles. The molecule has 4 heteroatoms. The molecule has 0 aromatic carbocycles. The Labute approximate surface area is 71.5 Å². The maximum atomic E-state index is 12.6. The van der Waals surface area contributed by atoms with Crippen LogP contribution in [0.3, 0.4) is 0 Å². The fraction of sp³-hybridized carbons (Fsp3) is 1.00. The van der Waals surface area contributed by atoms with E-state index in [1.165, 1.54) is 0 Å². The highest BCUT2D eigenvalue weighted by Gasteiger charge is 2.33. The number of methoxy groups -OCH3 is 1. The predicted molar refractivity (Wildman–Crippen MR) is 42.5 cm³/mol. The molecule has 0 aromatic rings. The first-order valence-electron chi connectivity index (χ1n) is 4.23. The van der Waals surface area contributed by atoms with E-state index in [1.54, 1.807) is 7.11 Å². The lowest BCUT2D eigenvalue weighted by Crippen LogP contribution is -2.40. The van der Waals surface area contributed by atoms with Crippen molar-refractivity contribution in [2.24, 2.45) is 0 Å². The third-order valence-corrected chi connectivity index (χ3v) is 2.20. The number of piperidine rings is 1. The Hall–Kier alpha value is -0.220. The Kier molecular flexibility index (Phi) is 3.40. The van der Waals surface area contributed by atoms with Crippen LogP contribution in [0.15, 0.2) is 0 Å². The van der Waals surface area contributed by atoms with E-state index in [9.17, 15) is 8.78 Å². The highest BCUT2D eigenvalue weighted by molar-refractivity contribution is 4.77. The number of halogens is 2. The van der Waals surface area contributed by atoms with Gasteiger partial charge in [0.05, 0.1) is 6.61 Å². The summed E-state index contributed by atoms with van der Waals surface area (Å²) in [4.78, 5) is 2.01. The van der Waals surface area contributed by atoms with E-state index in [-0.39, 0.29) is 12.8 Å². The third-order valence-electron chi connectivity index (χ3n) is 2.20. The summed E-state index contributed by atoms with van der Waals surface area (Å²) in [5.41, 5.74) is 0. The maximum Gasteiger partial charge on any atom is 0.250 e. The molecule has 1 saturated heterocycles. The minimum atomic E-state index is -2.43. The summed E-state index contributed by atoms with van der Waals surface area (Å²) in [5.74, 6) is -2.43. The number of ether oxygens (including phenoxy) is 1. The normalized spacial score (nSPS) is 24.2. The number of rotatable bonds is 3. The first-order valence-corrected chi connectivity index (χ1v) is 4.23. The van der Waals surface area contributed by atoms with E-state index in [2.05, 4.69) is 0 Å². The minimum Gasteiger partial charge on any atom is -0.383 e. The van der Waals surface area contributed by atoms with Crippen LogP contribution in [0.5, 0.6) is 0 Å². The van der Waals surface area contributed by atoms with E-state index in [4.69, 9.17) is 4.74 Å². The molecule has 0 N–H and O–H groups in total. The van der Waals surface area contributed by atoms with Gasteiger partial charge in [-0.1, -0.05) is 0 Å². The van der Waals surface area contributed by atoms with Crippen LogP contribution in [0.25, 0.3) is 0 Å². The van der Waals surface area contributed by atoms with Crippen LogP contribution < -0.4 is 0 Å². The minimum absolute atomic E-state index is 0.00326. The van der Waals surface area contributed by atoms with Crippen molar-refractivity contribution in [3.05, 3.63) is 0 Å². The molecule has 1 aliphatic rings. The first-order chi connectivity index (χ1) is 5.64. The second-order valence-electron chi connectivity index (χ2n) is 3.19. The van der Waals surface area contributed by atoms with Gasteiger partial charge in [0, 0.05) is 39.6 Å². The topological polar surface area (TPSA) is 12.5 Å². The Balaban J connectivity index is 2.18. The van der Waals surface area contributed by atoms with Crippen LogP contribution in [-0.4, -0.2) is 44.2 Å². The standard InChI is InChI=1S/C8H15F2NO/c1-12-7-6-11-4-2-8(9,10)3-5-11/h2-7H2,1H3. The Morgan fingerprint density at radius 3 is 2.42 bits per heavy atom. The van der Waals surface area contributed by atoms with E-state index >= 15 is 0 Å². The van der Waals surface area contributed by atoms with E-state index in [1.807, 2.05) is 4.90 Å². The third kappa shape index (κ3) is 3.03. The van der Waals surface area contributed by atoms with Crippen molar-refractivity contribution < 1.29 is 13.5 Å². The number of alkyl halides is 2. The zero-order valence-electron chi connectivity index (χ0n) is 7.35. The molecule has 1 fully saturated rings. The van der Waals surface area contributed by atoms with Gasteiger partial charge in [-0.25, -0.2) is 8.78 Å². The van der Waals surface area contributed by atoms with Gasteiger partial charge in [-0.05, 0) is 0 Å². The van der Waals surface area contributed by atoms with Crippen molar-refractivity contribution in [1.29, 1.82) is 0 Å². The molecule has 0 spiro atoms. The molecule has 2 nitrogen and oxygen atoms in total. The van der Waals surface area contributed by atoms with Gasteiger partial charge in [0.15, 0.2) is 0 Å². The molecule has 0 amide bonds. The van der Waals surface area contributed by atoms with Gasteiger partial charge in [0.2, 0.25) is 0 Å². The molecule has 1 heterocycles. The number of hydrogen-bond donors (Lipinski definition) is 0. The molecule has 0 atom stereocenters. The summed E-state index contributed by atoms with van der Waals surface area (Å²) in [5, 5.41) is 0. The maximum absolute atomic E-state index is 12.6. The molecule has 0 unspecified atom stereocenters. The summed E-state index contributed by atoms with van der Waals surface area (Å²) in [6.45, 7) is 2.39. The van der Waals surface area contributed by atoms with Crippen LogP contribution in [0.2, 0.25) is 0 Å². The van der Waals surface area contributed by atoms with Gasteiger partial charge in [-0.2, -0.15) is 0 Å². The van der Waals surface area contributed by atoms with Gasteiger partial charge in [-0.15, -0.1) is 0 Å². The quantitative estimate of drug-likeness (QED) is 0.648. The summed E-state index contributed by atoms with van der Waals surface area (Å²) < 4.78 is 30.2. The highest BCUT2D eigenvalue weighted by Crippen LogP contribution is 2.27. The van der Waals surface area contributed by atoms with E-state index in [0.29, 0.717) is 19.7 Å². The molecule has 0 saturated carbocycles. The van der Waals surface area contributed by atoms with E-state index < -0.39 is 5.92 Å². The molecule has 1 aliphatic heterocycles. The zero-order chi connectivity index (χ0) is 9.03. The summed E-state index contributed by atoms with van der Waals surface area (Å²) >= 11 is 0. The smallest absolute Gasteiger partial charge is 0.250 e. The number of hydrogen-bond acceptors (Lipinski definition) is 2. The largest absolute Gasteiger partial charge is 0.383 e. The van der Waals surface area contributed by atoms with E-state index in [0.717, 1.165) is 6.54 Å². The Morgan fingerprint density at radius 2 is 1.92 bits per heavy atom. The van der Waals surface area contributed by atoms with Gasteiger partial charge in [0.1, 0.15) is 0 Å². The van der Waals surface area contributed by atoms with Crippen LogP contribution >= 0.6 is 0 Å². The average Bonchev–Trinajstić information content (AvgIpc) is 2.03. The zero-order valence-corrected chi connectivity index (χ0v) is 7.35. The Morgan fingerprint density at radius 1 is 1.33 bits per heavy atom. The molecule has 1 rings (SSSR count). The Bertz CT molecular complexity index is 131. The second-order valence-corrected chi connectivity index (χ2v) is 3.19. The van der Waals surface area contributed by atoms with Crippen molar-refractivity contribution in [2.45, 2.75) is 18.8 Å². The number of nitrogens with zero attached hydrogens (tertiary/aromatic N) is 1. The summed E-state index contributed by atoms with van der Waals surface area (Å²) in [7, 11) is 1.62. The lowest BCUT2D eigenvalue weighted by atomic mass is 10.1. The van der Waals surface area contributed by atoms with Crippen molar-refractivity contribution in [2.75, 3.05) is 33.4 Å². The van der Waals surface area contributed by atoms with Crippen molar-refractivity contribution in [3.63, 3.8) is 0 Å². The van der Waals surface area contributed by atoms with Crippen LogP contribution in [-0.2, 0) is 4.74 Å². The van der Waals surface area contributed by atoms with Gasteiger partial charge in [0.25, 0.3) is 5.92 Å². The van der Waals surface area contributed by atoms with Crippen LogP contribution in [0.1, 0.15) is 12.8 Å². The highest BCUT2D eigenvalue weighted by atomic mass is 19.3. The second kappa shape index (κ2) is 4.14. The summed E-state index contributed by atoms with van der Waals surface area (Å²) in [6, 6.07) is 0. The lowest BCUT2D eigenvalue weighted by Gasteiger charge is -2.31. The van der Waals surface area contributed by atoms with Gasteiger partial charge < -0.3 is 9.64 Å². The molecule has 0 radical (unpaired) electrons. The first kappa shape index (κ1) is 9.86. The monoisotopic (exact) mass is 179 g/mol. The molecule has 0 aromatic heterocycles. The fourth-order valence-electron chi connectivity index (χ4n) is 1.32. The van der Waals surface area contributed by atoms with Gasteiger partial charge >= 0.3 is 0 Å². The van der Waals surface area contributed by atoms with Crippen molar-refractivity contribution in [1.82, 2.24) is 4.90 Å². The summed E-state index contributed by atoms with van der Waals surface area (Å²) in [6.07, 6.45) is -0.00652. The van der Waals surface area contributed by atoms with Crippen molar-refractivity contribution >= 4 is 0 Å².